The summed E-state index contributed by atoms with van der Waals surface area (Å²) in [7, 11) is 3.76. The fourth-order valence-corrected chi connectivity index (χ4v) is 1.59. The molecule has 0 aliphatic carbocycles. The van der Waals surface area contributed by atoms with Gasteiger partial charge < -0.3 is 9.32 Å². The van der Waals surface area contributed by atoms with Crippen LogP contribution in [0.25, 0.3) is 10.9 Å². The minimum atomic E-state index is -0.376. The van der Waals surface area contributed by atoms with E-state index in [4.69, 9.17) is 16.0 Å². The van der Waals surface area contributed by atoms with E-state index in [9.17, 15) is 4.79 Å². The first-order valence-electron chi connectivity index (χ1n) is 4.80. The predicted octanol–water partition coefficient (Wildman–Crippen LogP) is 1.90. The van der Waals surface area contributed by atoms with Gasteiger partial charge in [0.25, 0.3) is 0 Å². The maximum atomic E-state index is 11.6. The van der Waals surface area contributed by atoms with Crippen molar-refractivity contribution >= 4 is 22.5 Å². The van der Waals surface area contributed by atoms with Crippen LogP contribution in [0.3, 0.4) is 0 Å². The third-order valence-corrected chi connectivity index (χ3v) is 2.32. The van der Waals surface area contributed by atoms with Crippen molar-refractivity contribution in [1.82, 2.24) is 9.88 Å². The van der Waals surface area contributed by atoms with Gasteiger partial charge in [0.2, 0.25) is 5.89 Å². The molecule has 0 fully saturated rings. The molecule has 16 heavy (non-hydrogen) atoms. The van der Waals surface area contributed by atoms with Crippen molar-refractivity contribution in [2.45, 2.75) is 6.54 Å². The zero-order chi connectivity index (χ0) is 11.7. The molecule has 2 rings (SSSR count). The Bertz CT molecular complexity index is 578. The van der Waals surface area contributed by atoms with Gasteiger partial charge in [-0.2, -0.15) is 0 Å². The molecule has 4 nitrogen and oxygen atoms in total. The lowest BCUT2D eigenvalue weighted by atomic mass is 10.2. The number of halogens is 1. The van der Waals surface area contributed by atoms with Crippen molar-refractivity contribution in [1.29, 1.82) is 0 Å². The maximum Gasteiger partial charge on any atom is 0.346 e. The zero-order valence-electron chi connectivity index (χ0n) is 9.03. The maximum absolute atomic E-state index is 11.6. The lowest BCUT2D eigenvalue weighted by Crippen LogP contribution is -2.14. The molecule has 1 aromatic carbocycles. The van der Waals surface area contributed by atoms with Crippen LogP contribution in [0.15, 0.2) is 27.4 Å². The summed E-state index contributed by atoms with van der Waals surface area (Å²) < 4.78 is 5.09. The van der Waals surface area contributed by atoms with Crippen molar-refractivity contribution < 1.29 is 4.42 Å². The smallest absolute Gasteiger partial charge is 0.346 e. The van der Waals surface area contributed by atoms with E-state index in [1.54, 1.807) is 18.2 Å². The van der Waals surface area contributed by atoms with Gasteiger partial charge in [-0.25, -0.2) is 9.78 Å². The SMILES string of the molecule is CN(C)Cc1nc2cc(Cl)ccc2c(=O)o1. The molecule has 0 atom stereocenters. The molecule has 1 aromatic heterocycles. The molecular formula is C11H11ClN2O2. The van der Waals surface area contributed by atoms with E-state index < -0.39 is 0 Å². The summed E-state index contributed by atoms with van der Waals surface area (Å²) in [4.78, 5) is 17.7. The van der Waals surface area contributed by atoms with Gasteiger partial charge in [-0.1, -0.05) is 11.6 Å². The Hall–Kier alpha value is -1.39. The molecule has 0 aliphatic rings. The number of hydrogen-bond donors (Lipinski definition) is 0. The second kappa shape index (κ2) is 4.23. The van der Waals surface area contributed by atoms with E-state index in [1.165, 1.54) is 0 Å². The third kappa shape index (κ3) is 2.23. The van der Waals surface area contributed by atoms with Crippen molar-refractivity contribution in [3.63, 3.8) is 0 Å². The molecule has 0 bridgehead atoms. The Balaban J connectivity index is 2.61. The van der Waals surface area contributed by atoms with E-state index in [2.05, 4.69) is 4.98 Å². The van der Waals surface area contributed by atoms with Gasteiger partial charge in [-0.05, 0) is 32.3 Å². The number of benzene rings is 1. The van der Waals surface area contributed by atoms with Gasteiger partial charge >= 0.3 is 5.63 Å². The summed E-state index contributed by atoms with van der Waals surface area (Å²) in [5, 5.41) is 1.01. The van der Waals surface area contributed by atoms with E-state index in [0.717, 1.165) is 0 Å². The molecule has 0 aliphatic heterocycles. The number of nitrogens with zero attached hydrogens (tertiary/aromatic N) is 2. The highest BCUT2D eigenvalue weighted by atomic mass is 35.5. The predicted molar refractivity (Wildman–Crippen MR) is 62.7 cm³/mol. The van der Waals surface area contributed by atoms with E-state index >= 15 is 0 Å². The lowest BCUT2D eigenvalue weighted by Gasteiger charge is -2.07. The molecule has 1 heterocycles. The highest BCUT2D eigenvalue weighted by Gasteiger charge is 2.07. The fraction of sp³-hybridized carbons (Fsp3) is 0.273. The largest absolute Gasteiger partial charge is 0.406 e. The van der Waals surface area contributed by atoms with Gasteiger partial charge in [-0.3, -0.25) is 0 Å². The quantitative estimate of drug-likeness (QED) is 0.802. The fourth-order valence-electron chi connectivity index (χ4n) is 1.43. The van der Waals surface area contributed by atoms with E-state index in [-0.39, 0.29) is 5.63 Å². The number of fused-ring (bicyclic) bond motifs is 1. The molecule has 0 amide bonds. The Morgan fingerprint density at radius 3 is 2.88 bits per heavy atom. The van der Waals surface area contributed by atoms with Crippen molar-refractivity contribution in [3.05, 3.63) is 39.5 Å². The van der Waals surface area contributed by atoms with Crippen LogP contribution >= 0.6 is 11.6 Å². The summed E-state index contributed by atoms with van der Waals surface area (Å²) in [6, 6.07) is 4.93. The van der Waals surface area contributed by atoms with Crippen LogP contribution in [0.5, 0.6) is 0 Å². The highest BCUT2D eigenvalue weighted by Crippen LogP contribution is 2.15. The zero-order valence-corrected chi connectivity index (χ0v) is 9.78. The summed E-state index contributed by atoms with van der Waals surface area (Å²) in [5.74, 6) is 0.393. The molecule has 0 saturated heterocycles. The minimum Gasteiger partial charge on any atom is -0.406 e. The van der Waals surface area contributed by atoms with Crippen molar-refractivity contribution in [2.75, 3.05) is 14.1 Å². The number of hydrogen-bond acceptors (Lipinski definition) is 4. The van der Waals surface area contributed by atoms with Crippen molar-refractivity contribution in [3.8, 4) is 0 Å². The Morgan fingerprint density at radius 2 is 2.19 bits per heavy atom. The summed E-state index contributed by atoms with van der Waals surface area (Å²) in [6.45, 7) is 0.484. The molecule has 84 valence electrons. The standard InChI is InChI=1S/C11H11ClN2O2/c1-14(2)6-10-13-9-5-7(12)3-4-8(9)11(15)16-10/h3-5H,6H2,1-2H3. The monoisotopic (exact) mass is 238 g/mol. The lowest BCUT2D eigenvalue weighted by molar-refractivity contribution is 0.325. The van der Waals surface area contributed by atoms with Gasteiger partial charge in [-0.15, -0.1) is 0 Å². The molecule has 5 heteroatoms. The van der Waals surface area contributed by atoms with Crippen LogP contribution < -0.4 is 5.63 Å². The third-order valence-electron chi connectivity index (χ3n) is 2.09. The molecule has 0 unspecified atom stereocenters. The molecular weight excluding hydrogens is 228 g/mol. The van der Waals surface area contributed by atoms with Crippen LogP contribution in [0.4, 0.5) is 0 Å². The van der Waals surface area contributed by atoms with E-state index in [0.29, 0.717) is 28.4 Å². The first kappa shape index (κ1) is 11.1. The average molecular weight is 239 g/mol. The molecule has 0 spiro atoms. The van der Waals surface area contributed by atoms with Gasteiger partial charge in [0.1, 0.15) is 0 Å². The molecule has 2 aromatic rings. The Morgan fingerprint density at radius 1 is 1.44 bits per heavy atom. The second-order valence-electron chi connectivity index (χ2n) is 3.79. The second-order valence-corrected chi connectivity index (χ2v) is 4.23. The molecule has 0 N–H and O–H groups in total. The Labute approximate surface area is 97.5 Å². The first-order chi connectivity index (χ1) is 7.56. The van der Waals surface area contributed by atoms with Gasteiger partial charge in [0, 0.05) is 5.02 Å². The molecule has 0 saturated carbocycles. The van der Waals surface area contributed by atoms with Crippen LogP contribution in [0.2, 0.25) is 5.02 Å². The highest BCUT2D eigenvalue weighted by molar-refractivity contribution is 6.31. The normalized spacial score (nSPS) is 11.2. The van der Waals surface area contributed by atoms with Crippen molar-refractivity contribution in [2.24, 2.45) is 0 Å². The summed E-state index contributed by atoms with van der Waals surface area (Å²) in [5.41, 5.74) is 0.194. The van der Waals surface area contributed by atoms with Crippen LogP contribution in [-0.2, 0) is 6.54 Å². The summed E-state index contributed by atoms with van der Waals surface area (Å²) in [6.07, 6.45) is 0. The number of rotatable bonds is 2. The minimum absolute atomic E-state index is 0.376. The number of aromatic nitrogens is 1. The van der Waals surface area contributed by atoms with Crippen LogP contribution in [0, 0.1) is 0 Å². The average Bonchev–Trinajstić information content (AvgIpc) is 2.15. The summed E-state index contributed by atoms with van der Waals surface area (Å²) >= 11 is 5.85. The van der Waals surface area contributed by atoms with E-state index in [1.807, 2.05) is 19.0 Å². The van der Waals surface area contributed by atoms with Crippen LogP contribution in [-0.4, -0.2) is 24.0 Å². The van der Waals surface area contributed by atoms with Gasteiger partial charge in [0.05, 0.1) is 17.4 Å². The molecule has 0 radical (unpaired) electrons. The van der Waals surface area contributed by atoms with Crippen LogP contribution in [0.1, 0.15) is 5.89 Å². The van der Waals surface area contributed by atoms with Gasteiger partial charge in [0.15, 0.2) is 0 Å². The topological polar surface area (TPSA) is 46.3 Å². The first-order valence-corrected chi connectivity index (χ1v) is 5.18. The Kier molecular flexibility index (Phi) is 2.94.